The second-order valence-corrected chi connectivity index (χ2v) is 3.35. The van der Waals surface area contributed by atoms with Crippen LogP contribution in [-0.2, 0) is 11.2 Å². The maximum absolute atomic E-state index is 11.5. The van der Waals surface area contributed by atoms with Crippen molar-refractivity contribution in [1.29, 1.82) is 0 Å². The third-order valence-corrected chi connectivity index (χ3v) is 2.01. The monoisotopic (exact) mass is 229 g/mol. The van der Waals surface area contributed by atoms with Crippen LogP contribution in [0.2, 0.25) is 0 Å². The second-order valence-electron chi connectivity index (χ2n) is 3.35. The van der Waals surface area contributed by atoms with Crippen molar-refractivity contribution in [3.8, 4) is 0 Å². The van der Waals surface area contributed by atoms with Crippen LogP contribution in [0.25, 0.3) is 0 Å². The Morgan fingerprint density at radius 3 is 3.12 bits per heavy atom. The van der Waals surface area contributed by atoms with Crippen molar-refractivity contribution in [2.75, 3.05) is 0 Å². The van der Waals surface area contributed by atoms with Gasteiger partial charge >= 0.3 is 0 Å². The van der Waals surface area contributed by atoms with E-state index in [0.29, 0.717) is 5.76 Å². The third-order valence-electron chi connectivity index (χ3n) is 2.01. The number of nitrogens with zero attached hydrogens (tertiary/aromatic N) is 2. The molecule has 0 aliphatic heterocycles. The number of aromatic nitrogens is 1. The van der Waals surface area contributed by atoms with Gasteiger partial charge < -0.3 is 4.42 Å². The molecule has 17 heavy (non-hydrogen) atoms. The number of furan rings is 1. The maximum atomic E-state index is 11.5. The molecule has 5 heteroatoms. The summed E-state index contributed by atoms with van der Waals surface area (Å²) < 4.78 is 5.02. The highest BCUT2D eigenvalue weighted by atomic mass is 16.3. The molecule has 0 saturated carbocycles. The summed E-state index contributed by atoms with van der Waals surface area (Å²) in [6.45, 7) is 0. The number of carbonyl (C=O) groups is 1. The molecule has 0 unspecified atom stereocenters. The van der Waals surface area contributed by atoms with Crippen LogP contribution in [0.5, 0.6) is 0 Å². The molecule has 0 atom stereocenters. The van der Waals surface area contributed by atoms with Crippen LogP contribution in [-0.4, -0.2) is 17.1 Å². The van der Waals surface area contributed by atoms with Crippen LogP contribution in [0.1, 0.15) is 11.3 Å². The largest absolute Gasteiger partial charge is 0.463 e. The number of hydrogen-bond acceptors (Lipinski definition) is 4. The van der Waals surface area contributed by atoms with Gasteiger partial charge in [-0.3, -0.25) is 9.78 Å². The van der Waals surface area contributed by atoms with Crippen LogP contribution in [0.15, 0.2) is 52.4 Å². The van der Waals surface area contributed by atoms with Crippen molar-refractivity contribution >= 4 is 12.1 Å². The molecule has 0 aromatic carbocycles. The smallest absolute Gasteiger partial charge is 0.244 e. The molecule has 1 N–H and O–H groups in total. The highest BCUT2D eigenvalue weighted by Gasteiger charge is 2.01. The molecule has 0 radical (unpaired) electrons. The molecular formula is C12H11N3O2. The molecule has 0 aliphatic rings. The maximum Gasteiger partial charge on any atom is 0.244 e. The molecule has 2 aromatic heterocycles. The summed E-state index contributed by atoms with van der Waals surface area (Å²) >= 11 is 0. The summed E-state index contributed by atoms with van der Waals surface area (Å²) in [6.07, 6.45) is 6.55. The molecule has 0 spiro atoms. The molecule has 1 amide bonds. The molecule has 0 bridgehead atoms. The molecule has 2 heterocycles. The fourth-order valence-corrected chi connectivity index (χ4v) is 1.26. The lowest BCUT2D eigenvalue weighted by atomic mass is 10.2. The van der Waals surface area contributed by atoms with E-state index in [9.17, 15) is 4.79 Å². The van der Waals surface area contributed by atoms with Crippen molar-refractivity contribution < 1.29 is 9.21 Å². The topological polar surface area (TPSA) is 67.5 Å². The normalized spacial score (nSPS) is 10.6. The van der Waals surface area contributed by atoms with Gasteiger partial charge in [-0.15, -0.1) is 0 Å². The second kappa shape index (κ2) is 5.60. The summed E-state index contributed by atoms with van der Waals surface area (Å²) in [5.41, 5.74) is 3.26. The average Bonchev–Trinajstić information content (AvgIpc) is 2.83. The van der Waals surface area contributed by atoms with Crippen LogP contribution in [0.4, 0.5) is 0 Å². The summed E-state index contributed by atoms with van der Waals surface area (Å²) in [4.78, 5) is 15.4. The molecule has 0 aliphatic carbocycles. The molecule has 0 fully saturated rings. The van der Waals surface area contributed by atoms with Gasteiger partial charge in [0.15, 0.2) is 0 Å². The highest BCUT2D eigenvalue weighted by Crippen LogP contribution is 1.97. The van der Waals surface area contributed by atoms with Crippen LogP contribution >= 0.6 is 0 Å². The number of hydrazone groups is 1. The number of amides is 1. The zero-order valence-corrected chi connectivity index (χ0v) is 9.04. The summed E-state index contributed by atoms with van der Waals surface area (Å²) in [5, 5.41) is 3.77. The fraction of sp³-hybridized carbons (Fsp3) is 0.0833. The molecule has 2 aromatic rings. The van der Waals surface area contributed by atoms with Gasteiger partial charge in [-0.05, 0) is 23.8 Å². The van der Waals surface area contributed by atoms with Crippen molar-refractivity contribution in [3.63, 3.8) is 0 Å². The molecule has 5 nitrogen and oxygen atoms in total. The quantitative estimate of drug-likeness (QED) is 0.636. The van der Waals surface area contributed by atoms with E-state index in [4.69, 9.17) is 4.42 Å². The van der Waals surface area contributed by atoms with E-state index in [-0.39, 0.29) is 12.3 Å². The van der Waals surface area contributed by atoms with Gasteiger partial charge in [0.05, 0.1) is 18.9 Å². The minimum atomic E-state index is -0.194. The number of carbonyl (C=O) groups excluding carboxylic acids is 1. The van der Waals surface area contributed by atoms with E-state index in [0.717, 1.165) is 5.56 Å². The minimum absolute atomic E-state index is 0.194. The van der Waals surface area contributed by atoms with Crippen molar-refractivity contribution in [2.45, 2.75) is 6.42 Å². The number of hydrogen-bond donors (Lipinski definition) is 1. The van der Waals surface area contributed by atoms with E-state index < -0.39 is 0 Å². The molecule has 0 saturated heterocycles. The van der Waals surface area contributed by atoms with Gasteiger partial charge in [0, 0.05) is 12.4 Å². The zero-order valence-electron chi connectivity index (χ0n) is 9.04. The Morgan fingerprint density at radius 2 is 2.41 bits per heavy atom. The van der Waals surface area contributed by atoms with Gasteiger partial charge in [0.2, 0.25) is 5.91 Å². The molecule has 86 valence electrons. The standard InChI is InChI=1S/C12H11N3O2/c16-12(7-10-3-1-5-13-8-10)15-14-9-11-4-2-6-17-11/h1-6,8-9H,7H2,(H,15,16)/b14-9+. The number of rotatable bonds is 4. The van der Waals surface area contributed by atoms with Crippen LogP contribution in [0, 0.1) is 0 Å². The first-order valence-corrected chi connectivity index (χ1v) is 5.09. The van der Waals surface area contributed by atoms with E-state index in [2.05, 4.69) is 15.5 Å². The molecule has 2 rings (SSSR count). The van der Waals surface area contributed by atoms with E-state index >= 15 is 0 Å². The van der Waals surface area contributed by atoms with Gasteiger partial charge in [-0.1, -0.05) is 6.07 Å². The van der Waals surface area contributed by atoms with E-state index in [1.54, 1.807) is 36.9 Å². The summed E-state index contributed by atoms with van der Waals surface area (Å²) in [6, 6.07) is 7.12. The number of nitrogens with one attached hydrogen (secondary N) is 1. The van der Waals surface area contributed by atoms with Crippen molar-refractivity contribution in [2.24, 2.45) is 5.10 Å². The van der Waals surface area contributed by atoms with Crippen LogP contribution in [0.3, 0.4) is 0 Å². The van der Waals surface area contributed by atoms with E-state index in [1.807, 2.05) is 6.07 Å². The fourth-order valence-electron chi connectivity index (χ4n) is 1.26. The lowest BCUT2D eigenvalue weighted by Crippen LogP contribution is -2.19. The Morgan fingerprint density at radius 1 is 1.47 bits per heavy atom. The van der Waals surface area contributed by atoms with Gasteiger partial charge in [0.25, 0.3) is 0 Å². The number of pyridine rings is 1. The van der Waals surface area contributed by atoms with Gasteiger partial charge in [-0.2, -0.15) is 5.10 Å². The summed E-state index contributed by atoms with van der Waals surface area (Å²) in [7, 11) is 0. The Bertz CT molecular complexity index is 492. The SMILES string of the molecule is O=C(Cc1cccnc1)N/N=C/c1ccco1. The van der Waals surface area contributed by atoms with Crippen LogP contribution < -0.4 is 5.43 Å². The Balaban J connectivity index is 1.82. The lowest BCUT2D eigenvalue weighted by Gasteiger charge is -1.98. The third kappa shape index (κ3) is 3.57. The van der Waals surface area contributed by atoms with Crippen molar-refractivity contribution in [3.05, 3.63) is 54.2 Å². The average molecular weight is 229 g/mol. The van der Waals surface area contributed by atoms with Gasteiger partial charge in [0.1, 0.15) is 5.76 Å². The first-order valence-electron chi connectivity index (χ1n) is 5.09. The Labute approximate surface area is 98.2 Å². The van der Waals surface area contributed by atoms with Crippen molar-refractivity contribution in [1.82, 2.24) is 10.4 Å². The summed E-state index contributed by atoms with van der Waals surface area (Å²) in [5.74, 6) is 0.396. The van der Waals surface area contributed by atoms with E-state index in [1.165, 1.54) is 6.21 Å². The predicted molar refractivity (Wildman–Crippen MR) is 62.4 cm³/mol. The minimum Gasteiger partial charge on any atom is -0.463 e. The zero-order chi connectivity index (χ0) is 11.9. The predicted octanol–water partition coefficient (Wildman–Crippen LogP) is 1.37. The Kier molecular flexibility index (Phi) is 3.64. The lowest BCUT2D eigenvalue weighted by molar-refractivity contribution is -0.120. The highest BCUT2D eigenvalue weighted by molar-refractivity contribution is 5.81. The van der Waals surface area contributed by atoms with Gasteiger partial charge in [-0.25, -0.2) is 5.43 Å². The molecular weight excluding hydrogens is 218 g/mol. The first-order chi connectivity index (χ1) is 8.34. The first kappa shape index (κ1) is 11.1. The Hall–Kier alpha value is -2.43.